The zero-order chi connectivity index (χ0) is 6.91. The summed E-state index contributed by atoms with van der Waals surface area (Å²) in [5.41, 5.74) is 6.14. The Kier molecular flexibility index (Phi) is 1.78. The third-order valence-corrected chi connectivity index (χ3v) is 2.37. The van der Waals surface area contributed by atoms with Crippen LogP contribution >= 0.6 is 0 Å². The highest BCUT2D eigenvalue weighted by Gasteiger charge is 2.42. The van der Waals surface area contributed by atoms with Gasteiger partial charge in [0.05, 0.1) is 0 Å². The van der Waals surface area contributed by atoms with Gasteiger partial charge < -0.3 is 10.8 Å². The maximum absolute atomic E-state index is 8.55. The van der Waals surface area contributed by atoms with Crippen LogP contribution in [-0.4, -0.2) is 17.8 Å². The molecule has 1 aliphatic rings. The molecule has 0 aromatic rings. The lowest BCUT2D eigenvalue weighted by molar-refractivity contribution is 0.253. The fourth-order valence-electron chi connectivity index (χ4n) is 1.06. The maximum atomic E-state index is 8.55. The summed E-state index contributed by atoms with van der Waals surface area (Å²) in [5, 5.41) is 8.55. The van der Waals surface area contributed by atoms with Crippen molar-refractivity contribution in [2.45, 2.75) is 32.2 Å². The second-order valence-corrected chi connectivity index (χ2v) is 3.27. The first-order chi connectivity index (χ1) is 4.19. The SMILES string of the molecule is CC1(C(N)CCO)CC1. The Morgan fingerprint density at radius 2 is 2.22 bits per heavy atom. The van der Waals surface area contributed by atoms with Gasteiger partial charge in [0.15, 0.2) is 0 Å². The van der Waals surface area contributed by atoms with Gasteiger partial charge in [-0.15, -0.1) is 0 Å². The number of hydrogen-bond acceptors (Lipinski definition) is 2. The van der Waals surface area contributed by atoms with Gasteiger partial charge in [-0.3, -0.25) is 0 Å². The quantitative estimate of drug-likeness (QED) is 0.582. The van der Waals surface area contributed by atoms with Gasteiger partial charge in [-0.05, 0) is 24.7 Å². The number of aliphatic hydroxyl groups excluding tert-OH is 1. The number of aliphatic hydroxyl groups is 1. The van der Waals surface area contributed by atoms with Crippen LogP contribution in [0.2, 0.25) is 0 Å². The van der Waals surface area contributed by atoms with E-state index in [1.54, 1.807) is 0 Å². The maximum Gasteiger partial charge on any atom is 0.0445 e. The van der Waals surface area contributed by atoms with E-state index in [0.717, 1.165) is 6.42 Å². The van der Waals surface area contributed by atoms with E-state index in [-0.39, 0.29) is 12.6 Å². The standard InChI is InChI=1S/C7H15NO/c1-7(3-4-7)6(8)2-5-9/h6,9H,2-5,8H2,1H3. The van der Waals surface area contributed by atoms with E-state index in [0.29, 0.717) is 5.41 Å². The van der Waals surface area contributed by atoms with Gasteiger partial charge in [-0.25, -0.2) is 0 Å². The van der Waals surface area contributed by atoms with Gasteiger partial charge in [0.25, 0.3) is 0 Å². The van der Waals surface area contributed by atoms with Crippen molar-refractivity contribution in [3.63, 3.8) is 0 Å². The monoisotopic (exact) mass is 129 g/mol. The van der Waals surface area contributed by atoms with Crippen LogP contribution in [0.1, 0.15) is 26.2 Å². The van der Waals surface area contributed by atoms with Crippen molar-refractivity contribution in [2.75, 3.05) is 6.61 Å². The highest BCUT2D eigenvalue weighted by molar-refractivity contribution is 4.96. The molecule has 0 aliphatic heterocycles. The summed E-state index contributed by atoms with van der Waals surface area (Å²) in [7, 11) is 0. The molecule has 0 bridgehead atoms. The van der Waals surface area contributed by atoms with Gasteiger partial charge in [0.1, 0.15) is 0 Å². The zero-order valence-corrected chi connectivity index (χ0v) is 5.93. The molecule has 0 heterocycles. The lowest BCUT2D eigenvalue weighted by Crippen LogP contribution is -2.30. The summed E-state index contributed by atoms with van der Waals surface area (Å²) in [5.74, 6) is 0. The molecule has 0 spiro atoms. The normalized spacial score (nSPS) is 25.7. The third kappa shape index (κ3) is 1.43. The molecule has 9 heavy (non-hydrogen) atoms. The smallest absolute Gasteiger partial charge is 0.0445 e. The van der Waals surface area contributed by atoms with Crippen LogP contribution in [0.5, 0.6) is 0 Å². The molecule has 0 amide bonds. The van der Waals surface area contributed by atoms with Crippen LogP contribution in [-0.2, 0) is 0 Å². The molecule has 1 fully saturated rings. The predicted molar refractivity (Wildman–Crippen MR) is 37.0 cm³/mol. The molecule has 2 nitrogen and oxygen atoms in total. The van der Waals surface area contributed by atoms with E-state index in [2.05, 4.69) is 6.92 Å². The van der Waals surface area contributed by atoms with E-state index in [9.17, 15) is 0 Å². The first kappa shape index (κ1) is 7.03. The molecule has 0 aromatic heterocycles. The second kappa shape index (κ2) is 2.27. The van der Waals surface area contributed by atoms with E-state index < -0.39 is 0 Å². The molecule has 0 saturated heterocycles. The van der Waals surface area contributed by atoms with E-state index >= 15 is 0 Å². The van der Waals surface area contributed by atoms with Gasteiger partial charge in [0, 0.05) is 12.6 Å². The van der Waals surface area contributed by atoms with E-state index in [1.807, 2.05) is 0 Å². The number of nitrogens with two attached hydrogens (primary N) is 1. The average Bonchev–Trinajstić information content (AvgIpc) is 2.50. The Bertz CT molecular complexity index is 99.1. The van der Waals surface area contributed by atoms with Crippen LogP contribution in [0.3, 0.4) is 0 Å². The first-order valence-corrected chi connectivity index (χ1v) is 3.55. The number of rotatable bonds is 3. The van der Waals surface area contributed by atoms with Crippen LogP contribution < -0.4 is 5.73 Å². The molecular formula is C7H15NO. The lowest BCUT2D eigenvalue weighted by Gasteiger charge is -2.16. The molecule has 1 unspecified atom stereocenters. The summed E-state index contributed by atoms with van der Waals surface area (Å²) in [4.78, 5) is 0. The Morgan fingerprint density at radius 1 is 1.67 bits per heavy atom. The minimum absolute atomic E-state index is 0.225. The van der Waals surface area contributed by atoms with Crippen LogP contribution in [0.25, 0.3) is 0 Å². The molecule has 2 heteroatoms. The van der Waals surface area contributed by atoms with Crippen LogP contribution in [0.15, 0.2) is 0 Å². The first-order valence-electron chi connectivity index (χ1n) is 3.55. The minimum Gasteiger partial charge on any atom is -0.396 e. The Labute approximate surface area is 56.1 Å². The van der Waals surface area contributed by atoms with Crippen molar-refractivity contribution >= 4 is 0 Å². The molecule has 3 N–H and O–H groups in total. The van der Waals surface area contributed by atoms with Crippen molar-refractivity contribution < 1.29 is 5.11 Å². The summed E-state index contributed by atoms with van der Waals surface area (Å²) >= 11 is 0. The molecule has 54 valence electrons. The fraction of sp³-hybridized carbons (Fsp3) is 1.00. The Hall–Kier alpha value is -0.0800. The molecule has 1 atom stereocenters. The molecular weight excluding hydrogens is 114 g/mol. The second-order valence-electron chi connectivity index (χ2n) is 3.27. The summed E-state index contributed by atoms with van der Waals surface area (Å²) in [6.07, 6.45) is 3.25. The zero-order valence-electron chi connectivity index (χ0n) is 5.93. The third-order valence-electron chi connectivity index (χ3n) is 2.37. The Morgan fingerprint density at radius 3 is 2.56 bits per heavy atom. The number of hydrogen-bond donors (Lipinski definition) is 2. The largest absolute Gasteiger partial charge is 0.396 e. The van der Waals surface area contributed by atoms with Crippen molar-refractivity contribution in [1.82, 2.24) is 0 Å². The summed E-state index contributed by atoms with van der Waals surface area (Å²) in [6.45, 7) is 2.42. The van der Waals surface area contributed by atoms with Crippen molar-refractivity contribution in [1.29, 1.82) is 0 Å². The highest BCUT2D eigenvalue weighted by Crippen LogP contribution is 2.47. The van der Waals surface area contributed by atoms with Gasteiger partial charge in [-0.2, -0.15) is 0 Å². The highest BCUT2D eigenvalue weighted by atomic mass is 16.3. The molecule has 0 aromatic carbocycles. The average molecular weight is 129 g/mol. The van der Waals surface area contributed by atoms with Gasteiger partial charge >= 0.3 is 0 Å². The fourth-order valence-corrected chi connectivity index (χ4v) is 1.06. The lowest BCUT2D eigenvalue weighted by atomic mass is 9.97. The van der Waals surface area contributed by atoms with Crippen LogP contribution in [0, 0.1) is 5.41 Å². The molecule has 0 radical (unpaired) electrons. The van der Waals surface area contributed by atoms with E-state index in [1.165, 1.54) is 12.8 Å². The van der Waals surface area contributed by atoms with Crippen molar-refractivity contribution in [2.24, 2.45) is 11.1 Å². The van der Waals surface area contributed by atoms with Crippen molar-refractivity contribution in [3.05, 3.63) is 0 Å². The predicted octanol–water partition coefficient (Wildman–Crippen LogP) is 0.496. The Balaban J connectivity index is 2.24. The van der Waals surface area contributed by atoms with Gasteiger partial charge in [-0.1, -0.05) is 6.92 Å². The van der Waals surface area contributed by atoms with Crippen molar-refractivity contribution in [3.8, 4) is 0 Å². The molecule has 1 saturated carbocycles. The molecule has 1 aliphatic carbocycles. The summed E-state index contributed by atoms with van der Waals surface area (Å²) < 4.78 is 0. The van der Waals surface area contributed by atoms with E-state index in [4.69, 9.17) is 10.8 Å². The molecule has 1 rings (SSSR count). The topological polar surface area (TPSA) is 46.2 Å². The van der Waals surface area contributed by atoms with Crippen LogP contribution in [0.4, 0.5) is 0 Å². The minimum atomic E-state index is 0.225. The summed E-state index contributed by atoms with van der Waals surface area (Å²) in [6, 6.07) is 0.225. The van der Waals surface area contributed by atoms with Gasteiger partial charge in [0.2, 0.25) is 0 Å².